The van der Waals surface area contributed by atoms with Crippen LogP contribution in [0.2, 0.25) is 5.02 Å². The zero-order valence-electron chi connectivity index (χ0n) is 11.1. The second kappa shape index (κ2) is 4.76. The predicted molar refractivity (Wildman–Crippen MR) is 80.5 cm³/mol. The van der Waals surface area contributed by atoms with E-state index in [1.807, 2.05) is 0 Å². The molecule has 1 unspecified atom stereocenters. The van der Waals surface area contributed by atoms with E-state index in [4.69, 9.17) is 17.3 Å². The number of aromatic hydroxyl groups is 2. The predicted octanol–water partition coefficient (Wildman–Crippen LogP) is -1.43. The van der Waals surface area contributed by atoms with Crippen molar-refractivity contribution >= 4 is 44.0 Å². The number of hydrogen-bond donors (Lipinski definition) is 3. The highest BCUT2D eigenvalue weighted by Gasteiger charge is 2.42. The van der Waals surface area contributed by atoms with E-state index in [1.54, 1.807) is 15.7 Å². The maximum atomic E-state index is 12.2. The van der Waals surface area contributed by atoms with E-state index in [0.717, 1.165) is 12.8 Å². The molecule has 19 heavy (non-hydrogen) atoms. The molecule has 0 spiro atoms. The highest BCUT2D eigenvalue weighted by Crippen LogP contribution is 2.42. The molecule has 0 bridgehead atoms. The van der Waals surface area contributed by atoms with Crippen molar-refractivity contribution in [1.29, 1.82) is 0 Å². The molecule has 1 atom stereocenters. The van der Waals surface area contributed by atoms with E-state index >= 15 is 0 Å². The van der Waals surface area contributed by atoms with Crippen molar-refractivity contribution in [3.63, 3.8) is 0 Å². The van der Waals surface area contributed by atoms with Gasteiger partial charge in [-0.05, 0) is 18.3 Å². The molecule has 1 saturated carbocycles. The molecule has 0 radical (unpaired) electrons. The molecule has 0 heterocycles. The Morgan fingerprint density at radius 3 is 2.32 bits per heavy atom. The van der Waals surface area contributed by atoms with Crippen LogP contribution in [-0.2, 0) is 10.3 Å². The van der Waals surface area contributed by atoms with Crippen LogP contribution < -0.4 is 16.7 Å². The number of halogens is 1. The van der Waals surface area contributed by atoms with Crippen LogP contribution in [0.25, 0.3) is 0 Å². The summed E-state index contributed by atoms with van der Waals surface area (Å²) in [4.78, 5) is 12.2. The molecule has 7 heteroatoms. The lowest BCUT2D eigenvalue weighted by atomic mass is 9.71. The summed E-state index contributed by atoms with van der Waals surface area (Å²) in [5.41, 5.74) is 6.08. The standard InChI is InChI=1S/C12H16B2ClNO3/c13-7-8(14)11(19)9(15)6(10(7)18)12(16)4-2-1-3-5(12)17/h18-19H,1-4,13-14,16H2. The zero-order chi connectivity index (χ0) is 14.4. The first-order valence-electron chi connectivity index (χ1n) is 6.34. The third kappa shape index (κ3) is 2.03. The highest BCUT2D eigenvalue weighted by molar-refractivity contribution is 6.52. The average molecular weight is 279 g/mol. The van der Waals surface area contributed by atoms with E-state index in [9.17, 15) is 15.0 Å². The van der Waals surface area contributed by atoms with Gasteiger partial charge in [0.05, 0.1) is 5.02 Å². The number of benzene rings is 1. The molecule has 0 saturated heterocycles. The first-order valence-corrected chi connectivity index (χ1v) is 6.71. The van der Waals surface area contributed by atoms with E-state index in [1.165, 1.54) is 0 Å². The van der Waals surface area contributed by atoms with Crippen LogP contribution in [0.15, 0.2) is 0 Å². The van der Waals surface area contributed by atoms with Crippen LogP contribution in [0.3, 0.4) is 0 Å². The zero-order valence-corrected chi connectivity index (χ0v) is 11.8. The molecule has 1 aromatic rings. The normalized spacial score (nSPS) is 23.6. The fourth-order valence-electron chi connectivity index (χ4n) is 2.65. The highest BCUT2D eigenvalue weighted by atomic mass is 35.5. The van der Waals surface area contributed by atoms with Gasteiger partial charge in [0.1, 0.15) is 32.7 Å². The summed E-state index contributed by atoms with van der Waals surface area (Å²) in [6.45, 7) is 0. The Morgan fingerprint density at radius 1 is 1.16 bits per heavy atom. The number of rotatable bonds is 1. The first-order chi connectivity index (χ1) is 8.80. The van der Waals surface area contributed by atoms with E-state index in [2.05, 4.69) is 0 Å². The lowest BCUT2D eigenvalue weighted by molar-refractivity contribution is -0.126. The third-order valence-corrected chi connectivity index (χ3v) is 4.47. The summed E-state index contributed by atoms with van der Waals surface area (Å²) in [6.07, 6.45) is 2.40. The summed E-state index contributed by atoms with van der Waals surface area (Å²) in [5, 5.41) is 20.3. The molecule has 0 aromatic heterocycles. The van der Waals surface area contributed by atoms with Crippen LogP contribution >= 0.6 is 11.6 Å². The van der Waals surface area contributed by atoms with Crippen LogP contribution in [0.1, 0.15) is 31.2 Å². The minimum Gasteiger partial charge on any atom is -0.508 e. The molecule has 1 aliphatic carbocycles. The Labute approximate surface area is 118 Å². The van der Waals surface area contributed by atoms with Gasteiger partial charge in [-0.3, -0.25) is 4.79 Å². The molecule has 0 amide bonds. The largest absolute Gasteiger partial charge is 0.508 e. The minimum atomic E-state index is -1.30. The van der Waals surface area contributed by atoms with Gasteiger partial charge in [0, 0.05) is 12.0 Å². The molecule has 4 N–H and O–H groups in total. The van der Waals surface area contributed by atoms with Crippen LogP contribution in [0.4, 0.5) is 0 Å². The number of hydrogen-bond acceptors (Lipinski definition) is 4. The monoisotopic (exact) mass is 279 g/mol. The summed E-state index contributed by atoms with van der Waals surface area (Å²) >= 11 is 6.12. The third-order valence-electron chi connectivity index (χ3n) is 4.11. The summed E-state index contributed by atoms with van der Waals surface area (Å²) in [5.74, 6) is -0.341. The number of phenols is 2. The quantitative estimate of drug-likeness (QED) is 0.434. The van der Waals surface area contributed by atoms with Crippen molar-refractivity contribution < 1.29 is 15.0 Å². The summed E-state index contributed by atoms with van der Waals surface area (Å²) in [6, 6.07) is 0. The van der Waals surface area contributed by atoms with E-state index in [-0.39, 0.29) is 27.9 Å². The molecule has 100 valence electrons. The van der Waals surface area contributed by atoms with Gasteiger partial charge in [-0.1, -0.05) is 23.5 Å². The number of nitrogens with two attached hydrogens (primary N) is 1. The average Bonchev–Trinajstić information content (AvgIpc) is 2.38. The topological polar surface area (TPSA) is 83.5 Å². The van der Waals surface area contributed by atoms with Crippen molar-refractivity contribution in [1.82, 2.24) is 0 Å². The van der Waals surface area contributed by atoms with Gasteiger partial charge in [-0.25, -0.2) is 0 Å². The van der Waals surface area contributed by atoms with Crippen LogP contribution in [0, 0.1) is 0 Å². The fraction of sp³-hybridized carbons (Fsp3) is 0.417. The second-order valence-corrected chi connectivity index (χ2v) is 5.62. The number of Topliss-reactive ketones (excluding diaryl/α,β-unsaturated/α-hetero) is 1. The maximum Gasteiger partial charge on any atom is 0.157 e. The molecular formula is C12H16B2ClNO3. The van der Waals surface area contributed by atoms with Crippen LogP contribution in [-0.4, -0.2) is 31.7 Å². The number of carbonyl (C=O) groups is 1. The van der Waals surface area contributed by atoms with Gasteiger partial charge in [-0.2, -0.15) is 0 Å². The molecule has 4 nitrogen and oxygen atoms in total. The number of phenolic OH excluding ortho intramolecular Hbond substituents is 2. The van der Waals surface area contributed by atoms with Crippen molar-refractivity contribution in [3.05, 3.63) is 10.6 Å². The van der Waals surface area contributed by atoms with E-state index < -0.39 is 5.54 Å². The van der Waals surface area contributed by atoms with Crippen molar-refractivity contribution in [2.24, 2.45) is 5.73 Å². The Morgan fingerprint density at radius 2 is 1.74 bits per heavy atom. The Balaban J connectivity index is 2.72. The van der Waals surface area contributed by atoms with Gasteiger partial charge in [0.15, 0.2) is 5.78 Å². The SMILES string of the molecule is Bc1c(B)c(O)c(C2(N)CCCCC2=O)c(Cl)c1O. The molecule has 0 aliphatic heterocycles. The Bertz CT molecular complexity index is 535. The van der Waals surface area contributed by atoms with E-state index in [0.29, 0.717) is 23.8 Å². The summed E-state index contributed by atoms with van der Waals surface area (Å²) < 4.78 is 0. The van der Waals surface area contributed by atoms with Crippen molar-refractivity contribution in [3.8, 4) is 11.5 Å². The summed E-state index contributed by atoms with van der Waals surface area (Å²) in [7, 11) is 3.33. The van der Waals surface area contributed by atoms with Gasteiger partial charge in [0.25, 0.3) is 0 Å². The lowest BCUT2D eigenvalue weighted by Gasteiger charge is -2.34. The maximum absolute atomic E-state index is 12.2. The fourth-order valence-corrected chi connectivity index (χ4v) is 3.05. The van der Waals surface area contributed by atoms with Gasteiger partial charge in [-0.15, -0.1) is 0 Å². The minimum absolute atomic E-state index is 0.0154. The number of ketones is 1. The lowest BCUT2D eigenvalue weighted by Crippen LogP contribution is -2.48. The Kier molecular flexibility index (Phi) is 3.58. The van der Waals surface area contributed by atoms with Gasteiger partial charge in [0.2, 0.25) is 0 Å². The molecular weight excluding hydrogens is 263 g/mol. The molecule has 1 aliphatic rings. The molecule has 2 rings (SSSR count). The van der Waals surface area contributed by atoms with Gasteiger partial charge >= 0.3 is 0 Å². The molecule has 1 aromatic carbocycles. The van der Waals surface area contributed by atoms with Crippen molar-refractivity contribution in [2.45, 2.75) is 31.2 Å². The number of carbonyl (C=O) groups excluding carboxylic acids is 1. The smallest absolute Gasteiger partial charge is 0.157 e. The van der Waals surface area contributed by atoms with Crippen molar-refractivity contribution in [2.75, 3.05) is 0 Å². The first kappa shape index (κ1) is 14.3. The Hall–Kier alpha value is -1.13. The molecule has 1 fully saturated rings. The van der Waals surface area contributed by atoms with Gasteiger partial charge < -0.3 is 15.9 Å². The van der Waals surface area contributed by atoms with Crippen LogP contribution in [0.5, 0.6) is 11.5 Å². The second-order valence-electron chi connectivity index (χ2n) is 5.24.